The Balaban J connectivity index is 1.71. The first-order valence-corrected chi connectivity index (χ1v) is 10.4. The standard InChI is InChI=1S/C22H26Cl2N2O2/c1-25(22(28)14-17-6-9-20(23)21(24)13-17)18(15-26-10-2-3-11-26)12-16-4-7-19(27)8-5-16/h4-9,13,18,27H,2-3,10-12,14-15H2,1H3. The summed E-state index contributed by atoms with van der Waals surface area (Å²) >= 11 is 12.1. The smallest absolute Gasteiger partial charge is 0.227 e. The number of phenolic OH excluding ortho intramolecular Hbond substituents is 1. The van der Waals surface area contributed by atoms with Gasteiger partial charge in [-0.05, 0) is 67.7 Å². The zero-order chi connectivity index (χ0) is 20.1. The molecule has 1 aliphatic heterocycles. The largest absolute Gasteiger partial charge is 0.508 e. The van der Waals surface area contributed by atoms with E-state index in [1.807, 2.05) is 30.1 Å². The number of halogens is 2. The summed E-state index contributed by atoms with van der Waals surface area (Å²) in [5, 5.41) is 10.5. The second-order valence-corrected chi connectivity index (χ2v) is 8.28. The van der Waals surface area contributed by atoms with Gasteiger partial charge in [-0.25, -0.2) is 0 Å². The fourth-order valence-electron chi connectivity index (χ4n) is 3.64. The van der Waals surface area contributed by atoms with Crippen molar-refractivity contribution in [1.82, 2.24) is 9.80 Å². The lowest BCUT2D eigenvalue weighted by Crippen LogP contribution is -2.46. The van der Waals surface area contributed by atoms with Gasteiger partial charge in [0, 0.05) is 19.6 Å². The van der Waals surface area contributed by atoms with Crippen molar-refractivity contribution in [3.8, 4) is 5.75 Å². The summed E-state index contributed by atoms with van der Waals surface area (Å²) in [6.45, 7) is 3.02. The summed E-state index contributed by atoms with van der Waals surface area (Å²) in [7, 11) is 1.88. The molecule has 3 rings (SSSR count). The summed E-state index contributed by atoms with van der Waals surface area (Å²) in [4.78, 5) is 17.2. The minimum Gasteiger partial charge on any atom is -0.508 e. The average Bonchev–Trinajstić information content (AvgIpc) is 3.18. The molecule has 0 spiro atoms. The van der Waals surface area contributed by atoms with Crippen molar-refractivity contribution in [2.45, 2.75) is 31.7 Å². The highest BCUT2D eigenvalue weighted by molar-refractivity contribution is 6.42. The van der Waals surface area contributed by atoms with Gasteiger partial charge in [0.05, 0.1) is 16.5 Å². The van der Waals surface area contributed by atoms with Crippen LogP contribution in [0, 0.1) is 0 Å². The van der Waals surface area contributed by atoms with Crippen molar-refractivity contribution in [3.05, 3.63) is 63.6 Å². The summed E-state index contributed by atoms with van der Waals surface area (Å²) < 4.78 is 0. The van der Waals surface area contributed by atoms with Crippen LogP contribution >= 0.6 is 23.2 Å². The van der Waals surface area contributed by atoms with Gasteiger partial charge < -0.3 is 14.9 Å². The molecule has 0 aliphatic carbocycles. The zero-order valence-corrected chi connectivity index (χ0v) is 17.6. The van der Waals surface area contributed by atoms with E-state index >= 15 is 0 Å². The third-order valence-corrected chi connectivity index (χ3v) is 6.09. The summed E-state index contributed by atoms with van der Waals surface area (Å²) in [5.41, 5.74) is 1.96. The molecule has 1 amide bonds. The second-order valence-electron chi connectivity index (χ2n) is 7.46. The fourth-order valence-corrected chi connectivity index (χ4v) is 3.96. The molecule has 0 bridgehead atoms. The highest BCUT2D eigenvalue weighted by Gasteiger charge is 2.24. The van der Waals surface area contributed by atoms with E-state index in [1.54, 1.807) is 24.3 Å². The van der Waals surface area contributed by atoms with Gasteiger partial charge in [0.25, 0.3) is 0 Å². The molecule has 0 aromatic heterocycles. The second kappa shape index (κ2) is 9.64. The van der Waals surface area contributed by atoms with Crippen molar-refractivity contribution in [3.63, 3.8) is 0 Å². The lowest BCUT2D eigenvalue weighted by molar-refractivity contribution is -0.131. The van der Waals surface area contributed by atoms with Crippen LogP contribution in [-0.4, -0.2) is 53.5 Å². The van der Waals surface area contributed by atoms with E-state index < -0.39 is 0 Å². The summed E-state index contributed by atoms with van der Waals surface area (Å²) in [6.07, 6.45) is 3.47. The van der Waals surface area contributed by atoms with Crippen LogP contribution in [0.15, 0.2) is 42.5 Å². The Bertz CT molecular complexity index is 805. The first-order chi connectivity index (χ1) is 13.4. The highest BCUT2D eigenvalue weighted by Crippen LogP contribution is 2.23. The van der Waals surface area contributed by atoms with Gasteiger partial charge in [-0.2, -0.15) is 0 Å². The quantitative estimate of drug-likeness (QED) is 0.721. The molecule has 0 saturated carbocycles. The Morgan fingerprint density at radius 3 is 2.36 bits per heavy atom. The van der Waals surface area contributed by atoms with Gasteiger partial charge >= 0.3 is 0 Å². The van der Waals surface area contributed by atoms with Crippen molar-refractivity contribution in [2.75, 3.05) is 26.7 Å². The van der Waals surface area contributed by atoms with Crippen LogP contribution in [0.4, 0.5) is 0 Å². The van der Waals surface area contributed by atoms with E-state index in [9.17, 15) is 9.90 Å². The molecular formula is C22H26Cl2N2O2. The number of rotatable bonds is 7. The molecule has 2 aromatic rings. The molecule has 1 aliphatic rings. The summed E-state index contributed by atoms with van der Waals surface area (Å²) in [5.74, 6) is 0.310. The van der Waals surface area contributed by atoms with Crippen LogP contribution in [-0.2, 0) is 17.6 Å². The normalized spacial score (nSPS) is 15.5. The van der Waals surface area contributed by atoms with E-state index in [-0.39, 0.29) is 17.7 Å². The molecule has 0 radical (unpaired) electrons. The molecule has 6 heteroatoms. The Labute approximate surface area is 176 Å². The maximum atomic E-state index is 13.0. The maximum absolute atomic E-state index is 13.0. The number of carbonyl (C=O) groups is 1. The van der Waals surface area contributed by atoms with Crippen LogP contribution in [0.1, 0.15) is 24.0 Å². The maximum Gasteiger partial charge on any atom is 0.227 e. The van der Waals surface area contributed by atoms with Crippen molar-refractivity contribution in [1.29, 1.82) is 0 Å². The third kappa shape index (κ3) is 5.63. The van der Waals surface area contributed by atoms with Crippen molar-refractivity contribution < 1.29 is 9.90 Å². The fraction of sp³-hybridized carbons (Fsp3) is 0.409. The van der Waals surface area contributed by atoms with Gasteiger partial charge in [-0.15, -0.1) is 0 Å². The average molecular weight is 421 g/mol. The summed E-state index contributed by atoms with van der Waals surface area (Å²) in [6, 6.07) is 12.6. The molecule has 150 valence electrons. The van der Waals surface area contributed by atoms with Gasteiger partial charge in [0.1, 0.15) is 5.75 Å². The molecular weight excluding hydrogens is 395 g/mol. The molecule has 1 atom stereocenters. The minimum absolute atomic E-state index is 0.0568. The van der Waals surface area contributed by atoms with E-state index in [2.05, 4.69) is 4.90 Å². The molecule has 4 nitrogen and oxygen atoms in total. The Kier molecular flexibility index (Phi) is 7.22. The molecule has 2 aromatic carbocycles. The molecule has 1 heterocycles. The molecule has 28 heavy (non-hydrogen) atoms. The number of benzene rings is 2. The minimum atomic E-state index is 0.0568. The number of likely N-dealkylation sites (tertiary alicyclic amines) is 1. The van der Waals surface area contributed by atoms with Gasteiger partial charge in [0.15, 0.2) is 0 Å². The first-order valence-electron chi connectivity index (χ1n) is 9.62. The molecule has 1 fully saturated rings. The van der Waals surface area contributed by atoms with Crippen LogP contribution < -0.4 is 0 Å². The SMILES string of the molecule is CN(C(=O)Cc1ccc(Cl)c(Cl)c1)C(Cc1ccc(O)cc1)CN1CCCC1. The van der Waals surface area contributed by atoms with Crippen molar-refractivity contribution >= 4 is 29.1 Å². The monoisotopic (exact) mass is 420 g/mol. The number of likely N-dealkylation sites (N-methyl/N-ethyl adjacent to an activating group) is 1. The first kappa shape index (κ1) is 21.0. The number of aromatic hydroxyl groups is 1. The van der Waals surface area contributed by atoms with Crippen molar-refractivity contribution in [2.24, 2.45) is 0 Å². The van der Waals surface area contributed by atoms with E-state index in [4.69, 9.17) is 23.2 Å². The Morgan fingerprint density at radius 1 is 1.07 bits per heavy atom. The van der Waals surface area contributed by atoms with Crippen LogP contribution in [0.3, 0.4) is 0 Å². The van der Waals surface area contributed by atoms with E-state index in [0.717, 1.165) is 37.2 Å². The molecule has 1 N–H and O–H groups in total. The molecule has 1 saturated heterocycles. The Hall–Kier alpha value is -1.75. The zero-order valence-electron chi connectivity index (χ0n) is 16.1. The Morgan fingerprint density at radius 2 is 1.71 bits per heavy atom. The third-order valence-electron chi connectivity index (χ3n) is 5.36. The number of phenols is 1. The predicted octanol–water partition coefficient (Wildman–Crippen LogP) is 4.41. The lowest BCUT2D eigenvalue weighted by Gasteiger charge is -2.32. The lowest BCUT2D eigenvalue weighted by atomic mass is 10.0. The molecule has 1 unspecified atom stereocenters. The van der Waals surface area contributed by atoms with Crippen LogP contribution in [0.5, 0.6) is 5.75 Å². The number of nitrogens with zero attached hydrogens (tertiary/aromatic N) is 2. The number of hydrogen-bond acceptors (Lipinski definition) is 3. The number of amides is 1. The highest BCUT2D eigenvalue weighted by atomic mass is 35.5. The van der Waals surface area contributed by atoms with Gasteiger partial charge in [0.2, 0.25) is 5.91 Å². The number of hydrogen-bond donors (Lipinski definition) is 1. The topological polar surface area (TPSA) is 43.8 Å². The van der Waals surface area contributed by atoms with E-state index in [1.165, 1.54) is 12.8 Å². The predicted molar refractivity (Wildman–Crippen MR) is 114 cm³/mol. The van der Waals surface area contributed by atoms with E-state index in [0.29, 0.717) is 16.5 Å². The van der Waals surface area contributed by atoms with Gasteiger partial charge in [-0.1, -0.05) is 41.4 Å². The van der Waals surface area contributed by atoms with Crippen LogP contribution in [0.25, 0.3) is 0 Å². The van der Waals surface area contributed by atoms with Crippen LogP contribution in [0.2, 0.25) is 10.0 Å². The number of carbonyl (C=O) groups excluding carboxylic acids is 1. The van der Waals surface area contributed by atoms with Gasteiger partial charge in [-0.3, -0.25) is 4.79 Å².